The van der Waals surface area contributed by atoms with Gasteiger partial charge in [-0.3, -0.25) is 0 Å². The molecule has 0 fully saturated rings. The lowest BCUT2D eigenvalue weighted by atomic mass is 10.2. The Kier molecular flexibility index (Phi) is 12.0. The molecule has 0 aromatic heterocycles. The average Bonchev–Trinajstić information content (AvgIpc) is 2.61. The zero-order valence-corrected chi connectivity index (χ0v) is 14.3. The van der Waals surface area contributed by atoms with Crippen molar-refractivity contribution in [1.82, 2.24) is 0 Å². The minimum absolute atomic E-state index is 0.102. The summed E-state index contributed by atoms with van der Waals surface area (Å²) in [5, 5.41) is 55.6. The SMILES string of the molecule is CC[C@@](OCC(O)[C@H](OC)OCCO)(OC[C@H](O)[C@H](O)CO)C(=O)O. The summed E-state index contributed by atoms with van der Waals surface area (Å²) < 4.78 is 20.2. The van der Waals surface area contributed by atoms with Crippen molar-refractivity contribution in [3.63, 3.8) is 0 Å². The summed E-state index contributed by atoms with van der Waals surface area (Å²) in [7, 11) is 1.25. The number of ether oxygens (including phenoxy) is 4. The highest BCUT2D eigenvalue weighted by Gasteiger charge is 2.41. The Hall–Kier alpha value is -0.890. The molecule has 0 radical (unpaired) electrons. The molecule has 5 atom stereocenters. The molecular formula is C14H28O11. The standard InChI is InChI=1S/C14H28O11/c1-3-14(13(20)21,24-7-10(18)9(17)6-16)25-8-11(19)12(22-2)23-5-4-15/h9-12,15-19H,3-8H2,1-2H3,(H,20,21)/t9-,10+,11?,12-,14+/m1/s1. The fourth-order valence-electron chi connectivity index (χ4n) is 1.78. The number of aliphatic hydroxyl groups excluding tert-OH is 5. The van der Waals surface area contributed by atoms with E-state index < -0.39 is 56.2 Å². The molecule has 0 aliphatic rings. The van der Waals surface area contributed by atoms with Crippen molar-refractivity contribution in [1.29, 1.82) is 0 Å². The van der Waals surface area contributed by atoms with Crippen LogP contribution in [0.5, 0.6) is 0 Å². The van der Waals surface area contributed by atoms with E-state index in [1.165, 1.54) is 14.0 Å². The zero-order valence-electron chi connectivity index (χ0n) is 14.3. The summed E-state index contributed by atoms with van der Waals surface area (Å²) in [6.07, 6.45) is -5.73. The number of hydrogen-bond donors (Lipinski definition) is 6. The van der Waals surface area contributed by atoms with Gasteiger partial charge in [0.25, 0.3) is 5.79 Å². The second kappa shape index (κ2) is 12.5. The molecule has 0 heterocycles. The zero-order chi connectivity index (χ0) is 19.5. The molecule has 0 aliphatic carbocycles. The lowest BCUT2D eigenvalue weighted by molar-refractivity contribution is -0.273. The molecule has 150 valence electrons. The van der Waals surface area contributed by atoms with Gasteiger partial charge in [0.05, 0.1) is 33.0 Å². The molecule has 6 N–H and O–H groups in total. The predicted molar refractivity (Wildman–Crippen MR) is 81.5 cm³/mol. The average molecular weight is 372 g/mol. The third-order valence-corrected chi connectivity index (χ3v) is 3.32. The largest absolute Gasteiger partial charge is 0.477 e. The van der Waals surface area contributed by atoms with Gasteiger partial charge in [-0.2, -0.15) is 0 Å². The first kappa shape index (κ1) is 24.1. The van der Waals surface area contributed by atoms with Crippen molar-refractivity contribution >= 4 is 5.97 Å². The van der Waals surface area contributed by atoms with Gasteiger partial charge in [-0.15, -0.1) is 0 Å². The highest BCUT2D eigenvalue weighted by Crippen LogP contribution is 2.20. The van der Waals surface area contributed by atoms with E-state index in [0.717, 1.165) is 0 Å². The fraction of sp³-hybridized carbons (Fsp3) is 0.929. The van der Waals surface area contributed by atoms with Gasteiger partial charge in [0.1, 0.15) is 18.3 Å². The number of aliphatic carboxylic acids is 1. The van der Waals surface area contributed by atoms with Crippen molar-refractivity contribution < 1.29 is 54.4 Å². The first-order chi connectivity index (χ1) is 11.8. The van der Waals surface area contributed by atoms with Crippen LogP contribution in [-0.4, -0.2) is 107 Å². The molecule has 25 heavy (non-hydrogen) atoms. The van der Waals surface area contributed by atoms with Crippen LogP contribution in [0.2, 0.25) is 0 Å². The number of rotatable bonds is 15. The van der Waals surface area contributed by atoms with Crippen molar-refractivity contribution in [2.45, 2.75) is 43.7 Å². The van der Waals surface area contributed by atoms with Crippen LogP contribution in [0.25, 0.3) is 0 Å². The molecule has 0 aromatic rings. The van der Waals surface area contributed by atoms with Gasteiger partial charge in [0.2, 0.25) is 0 Å². The van der Waals surface area contributed by atoms with Gasteiger partial charge in [-0.05, 0) is 0 Å². The molecule has 11 heteroatoms. The summed E-state index contributed by atoms with van der Waals surface area (Å²) in [5.74, 6) is -3.69. The quantitative estimate of drug-likeness (QED) is 0.165. The Balaban J connectivity index is 4.83. The van der Waals surface area contributed by atoms with Gasteiger partial charge in [-0.25, -0.2) is 4.79 Å². The molecule has 0 amide bonds. The van der Waals surface area contributed by atoms with E-state index in [9.17, 15) is 25.2 Å². The molecule has 0 bridgehead atoms. The van der Waals surface area contributed by atoms with E-state index in [2.05, 4.69) is 0 Å². The highest BCUT2D eigenvalue weighted by atomic mass is 16.7. The molecular weight excluding hydrogens is 344 g/mol. The van der Waals surface area contributed by atoms with Crippen molar-refractivity contribution in [2.24, 2.45) is 0 Å². The van der Waals surface area contributed by atoms with E-state index in [1.807, 2.05) is 0 Å². The van der Waals surface area contributed by atoms with E-state index in [-0.39, 0.29) is 19.6 Å². The lowest BCUT2D eigenvalue weighted by Gasteiger charge is -2.32. The second-order valence-electron chi connectivity index (χ2n) is 5.12. The Morgan fingerprint density at radius 1 is 1.04 bits per heavy atom. The smallest absolute Gasteiger partial charge is 0.364 e. The van der Waals surface area contributed by atoms with E-state index in [0.29, 0.717) is 0 Å². The molecule has 0 saturated heterocycles. The number of hydrogen-bond acceptors (Lipinski definition) is 10. The van der Waals surface area contributed by atoms with E-state index >= 15 is 0 Å². The first-order valence-electron chi connectivity index (χ1n) is 7.69. The van der Waals surface area contributed by atoms with Crippen LogP contribution in [0.1, 0.15) is 13.3 Å². The van der Waals surface area contributed by atoms with Gasteiger partial charge >= 0.3 is 5.97 Å². The maximum Gasteiger partial charge on any atom is 0.364 e. The summed E-state index contributed by atoms with van der Waals surface area (Å²) >= 11 is 0. The molecule has 0 aromatic carbocycles. The van der Waals surface area contributed by atoms with E-state index in [4.69, 9.17) is 29.2 Å². The number of carboxylic acids is 1. The summed E-state index contributed by atoms with van der Waals surface area (Å²) in [4.78, 5) is 11.5. The fourth-order valence-corrected chi connectivity index (χ4v) is 1.78. The molecule has 0 rings (SSSR count). The van der Waals surface area contributed by atoms with Crippen LogP contribution in [0.4, 0.5) is 0 Å². The summed E-state index contributed by atoms with van der Waals surface area (Å²) in [5.41, 5.74) is 0. The number of methoxy groups -OCH3 is 1. The van der Waals surface area contributed by atoms with Crippen molar-refractivity contribution in [3.05, 3.63) is 0 Å². The van der Waals surface area contributed by atoms with Crippen LogP contribution in [0, 0.1) is 0 Å². The van der Waals surface area contributed by atoms with Crippen molar-refractivity contribution in [3.8, 4) is 0 Å². The maximum absolute atomic E-state index is 11.5. The van der Waals surface area contributed by atoms with Crippen molar-refractivity contribution in [2.75, 3.05) is 40.1 Å². The topological polar surface area (TPSA) is 175 Å². The third kappa shape index (κ3) is 7.90. The summed E-state index contributed by atoms with van der Waals surface area (Å²) in [6, 6.07) is 0. The van der Waals surface area contributed by atoms with Crippen LogP contribution in [-0.2, 0) is 23.7 Å². The Labute approximate surface area is 145 Å². The Morgan fingerprint density at radius 2 is 1.60 bits per heavy atom. The van der Waals surface area contributed by atoms with Gasteiger partial charge in [-0.1, -0.05) is 6.92 Å². The monoisotopic (exact) mass is 372 g/mol. The summed E-state index contributed by atoms with van der Waals surface area (Å²) in [6.45, 7) is -0.834. The lowest BCUT2D eigenvalue weighted by Crippen LogP contribution is -2.49. The molecule has 0 aliphatic heterocycles. The molecule has 11 nitrogen and oxygen atoms in total. The minimum Gasteiger partial charge on any atom is -0.477 e. The molecule has 0 saturated carbocycles. The van der Waals surface area contributed by atoms with Crippen LogP contribution >= 0.6 is 0 Å². The number of carbonyl (C=O) groups is 1. The van der Waals surface area contributed by atoms with Gasteiger partial charge in [0, 0.05) is 13.5 Å². The first-order valence-corrected chi connectivity index (χ1v) is 7.69. The Bertz CT molecular complexity index is 367. The predicted octanol–water partition coefficient (Wildman–Crippen LogP) is -2.73. The van der Waals surface area contributed by atoms with E-state index in [1.54, 1.807) is 0 Å². The Morgan fingerprint density at radius 3 is 2.00 bits per heavy atom. The van der Waals surface area contributed by atoms with Gasteiger partial charge < -0.3 is 49.6 Å². The minimum atomic E-state index is -2.19. The molecule has 0 spiro atoms. The van der Waals surface area contributed by atoms with Crippen LogP contribution in [0.15, 0.2) is 0 Å². The highest BCUT2D eigenvalue weighted by molar-refractivity contribution is 5.75. The molecule has 1 unspecified atom stereocenters. The van der Waals surface area contributed by atoms with Crippen LogP contribution < -0.4 is 0 Å². The second-order valence-corrected chi connectivity index (χ2v) is 5.12. The normalized spacial score (nSPS) is 19.0. The third-order valence-electron chi connectivity index (χ3n) is 3.32. The maximum atomic E-state index is 11.5. The number of aliphatic hydroxyl groups is 5. The van der Waals surface area contributed by atoms with Crippen LogP contribution in [0.3, 0.4) is 0 Å². The number of carboxylic acid groups (broad SMARTS) is 1. The van der Waals surface area contributed by atoms with Gasteiger partial charge in [0.15, 0.2) is 6.29 Å².